The fraction of sp³-hybridized carbons (Fsp3) is 0.556. The Morgan fingerprint density at radius 2 is 1.67 bits per heavy atom. The van der Waals surface area contributed by atoms with E-state index in [-0.39, 0.29) is 13.0 Å². The van der Waals surface area contributed by atoms with Crippen LogP contribution in [-0.2, 0) is 9.59 Å². The van der Waals surface area contributed by atoms with E-state index in [0.29, 0.717) is 17.0 Å². The molecule has 0 aromatic heterocycles. The summed E-state index contributed by atoms with van der Waals surface area (Å²) in [4.78, 5) is 29.0. The average Bonchev–Trinajstić information content (AvgIpc) is 3.11. The molecule has 1 aromatic carbocycles. The van der Waals surface area contributed by atoms with E-state index in [1.54, 1.807) is 12.1 Å². The molecule has 27 heavy (non-hydrogen) atoms. The predicted octanol–water partition coefficient (Wildman–Crippen LogP) is 1.93. The highest BCUT2D eigenvalue weighted by Crippen LogP contribution is 2.27. The number of carbonyl (C=O) groups is 2. The second-order valence-electron chi connectivity index (χ2n) is 6.98. The van der Waals surface area contributed by atoms with Gasteiger partial charge in [-0.3, -0.25) is 9.59 Å². The van der Waals surface area contributed by atoms with Crippen molar-refractivity contribution in [3.8, 4) is 0 Å². The van der Waals surface area contributed by atoms with Crippen molar-refractivity contribution in [3.63, 3.8) is 0 Å². The molecule has 1 aromatic rings. The van der Waals surface area contributed by atoms with Crippen molar-refractivity contribution >= 4 is 23.2 Å². The minimum absolute atomic E-state index is 0.0568. The molecule has 0 spiro atoms. The normalized spacial score (nSPS) is 21.4. The van der Waals surface area contributed by atoms with Gasteiger partial charge in [-0.25, -0.2) is 0 Å². The second-order valence-corrected chi connectivity index (χ2v) is 6.98. The van der Waals surface area contributed by atoms with Gasteiger partial charge >= 0.3 is 12.1 Å². The number of rotatable bonds is 3. The lowest BCUT2D eigenvalue weighted by atomic mass is 10.2. The third-order valence-electron chi connectivity index (χ3n) is 5.06. The largest absolute Gasteiger partial charge is 0.471 e. The summed E-state index contributed by atoms with van der Waals surface area (Å²) >= 11 is 0. The first-order chi connectivity index (χ1) is 12.8. The number of benzene rings is 1. The van der Waals surface area contributed by atoms with E-state index in [0.717, 1.165) is 31.9 Å². The number of nitrogens with zero attached hydrogens (tertiary/aromatic N) is 3. The van der Waals surface area contributed by atoms with Gasteiger partial charge < -0.3 is 20.0 Å². The van der Waals surface area contributed by atoms with Crippen LogP contribution >= 0.6 is 0 Å². The molecular weight excluding hydrogens is 361 g/mol. The van der Waals surface area contributed by atoms with E-state index >= 15 is 0 Å². The first-order valence-electron chi connectivity index (χ1n) is 8.98. The molecular formula is C18H23F3N4O2. The number of piperazine rings is 1. The van der Waals surface area contributed by atoms with Gasteiger partial charge in [-0.05, 0) is 44.2 Å². The summed E-state index contributed by atoms with van der Waals surface area (Å²) in [5, 5.41) is 2.63. The number of hydrogen-bond acceptors (Lipinski definition) is 4. The van der Waals surface area contributed by atoms with E-state index in [4.69, 9.17) is 0 Å². The average molecular weight is 384 g/mol. The lowest BCUT2D eigenvalue weighted by Gasteiger charge is -2.34. The smallest absolute Gasteiger partial charge is 0.369 e. The van der Waals surface area contributed by atoms with Gasteiger partial charge in [0.15, 0.2) is 0 Å². The van der Waals surface area contributed by atoms with E-state index in [1.807, 2.05) is 12.1 Å². The van der Waals surface area contributed by atoms with Crippen LogP contribution in [0.15, 0.2) is 24.3 Å². The summed E-state index contributed by atoms with van der Waals surface area (Å²) in [7, 11) is 2.08. The third kappa shape index (κ3) is 4.52. The Balaban J connectivity index is 1.61. The van der Waals surface area contributed by atoms with Crippen molar-refractivity contribution in [2.45, 2.75) is 25.1 Å². The molecule has 2 heterocycles. The topological polar surface area (TPSA) is 55.9 Å². The minimum atomic E-state index is -4.97. The van der Waals surface area contributed by atoms with Crippen LogP contribution in [0.3, 0.4) is 0 Å². The van der Waals surface area contributed by atoms with Crippen LogP contribution in [0.1, 0.15) is 12.8 Å². The van der Waals surface area contributed by atoms with E-state index in [9.17, 15) is 22.8 Å². The maximum absolute atomic E-state index is 12.7. The predicted molar refractivity (Wildman–Crippen MR) is 95.6 cm³/mol. The molecule has 1 unspecified atom stereocenters. The summed E-state index contributed by atoms with van der Waals surface area (Å²) < 4.78 is 38.0. The Morgan fingerprint density at radius 1 is 1.04 bits per heavy atom. The van der Waals surface area contributed by atoms with Crippen LogP contribution in [0.4, 0.5) is 24.5 Å². The highest BCUT2D eigenvalue weighted by Gasteiger charge is 2.47. The zero-order valence-corrected chi connectivity index (χ0v) is 15.1. The molecule has 0 bridgehead atoms. The number of halogens is 3. The highest BCUT2D eigenvalue weighted by atomic mass is 19.4. The number of carbonyl (C=O) groups excluding carboxylic acids is 2. The third-order valence-corrected chi connectivity index (χ3v) is 5.06. The van der Waals surface area contributed by atoms with Crippen LogP contribution < -0.4 is 10.2 Å². The van der Waals surface area contributed by atoms with Crippen molar-refractivity contribution in [1.29, 1.82) is 0 Å². The molecule has 2 fully saturated rings. The maximum atomic E-state index is 12.7. The zero-order chi connectivity index (χ0) is 19.6. The van der Waals surface area contributed by atoms with Gasteiger partial charge in [0, 0.05) is 44.1 Å². The standard InChI is InChI=1S/C18H23F3N4O2/c1-23-9-11-24(12-10-23)14-6-4-13(5-7-14)22-16(26)15-3-2-8-25(15)17(27)18(19,20)21/h4-7,15H,2-3,8-12H2,1H3,(H,22,26). The Bertz CT molecular complexity index is 685. The van der Waals surface area contributed by atoms with Gasteiger partial charge in [-0.1, -0.05) is 0 Å². The van der Waals surface area contributed by atoms with Crippen molar-refractivity contribution in [1.82, 2.24) is 9.80 Å². The molecule has 2 saturated heterocycles. The van der Waals surface area contributed by atoms with Crippen LogP contribution in [0.2, 0.25) is 0 Å². The van der Waals surface area contributed by atoms with Crippen molar-refractivity contribution in [3.05, 3.63) is 24.3 Å². The van der Waals surface area contributed by atoms with Crippen LogP contribution in [-0.4, -0.2) is 73.6 Å². The van der Waals surface area contributed by atoms with Crippen LogP contribution in [0.5, 0.6) is 0 Å². The van der Waals surface area contributed by atoms with Gasteiger partial charge in [0.2, 0.25) is 5.91 Å². The lowest BCUT2D eigenvalue weighted by Crippen LogP contribution is -2.48. The number of anilines is 2. The molecule has 2 amide bonds. The fourth-order valence-corrected chi connectivity index (χ4v) is 3.49. The Labute approximate surface area is 155 Å². The fourth-order valence-electron chi connectivity index (χ4n) is 3.49. The number of hydrogen-bond donors (Lipinski definition) is 1. The molecule has 1 N–H and O–H groups in total. The molecule has 2 aliphatic heterocycles. The van der Waals surface area contributed by atoms with Crippen LogP contribution in [0, 0.1) is 0 Å². The maximum Gasteiger partial charge on any atom is 0.471 e. The SMILES string of the molecule is CN1CCN(c2ccc(NC(=O)C3CCCN3C(=O)C(F)(F)F)cc2)CC1. The van der Waals surface area contributed by atoms with Gasteiger partial charge in [0.25, 0.3) is 0 Å². The molecule has 0 radical (unpaired) electrons. The zero-order valence-electron chi connectivity index (χ0n) is 15.1. The summed E-state index contributed by atoms with van der Waals surface area (Å²) in [6, 6.07) is 6.14. The van der Waals surface area contributed by atoms with Gasteiger partial charge in [0.1, 0.15) is 6.04 Å². The Morgan fingerprint density at radius 3 is 2.26 bits per heavy atom. The number of alkyl halides is 3. The molecule has 1 atom stereocenters. The first kappa shape index (κ1) is 19.5. The summed E-state index contributed by atoms with van der Waals surface area (Å²) in [5.74, 6) is -2.54. The minimum Gasteiger partial charge on any atom is -0.369 e. The number of likely N-dealkylation sites (N-methyl/N-ethyl adjacent to an activating group) is 1. The summed E-state index contributed by atoms with van der Waals surface area (Å²) in [6.07, 6.45) is -4.36. The van der Waals surface area contributed by atoms with Crippen LogP contribution in [0.25, 0.3) is 0 Å². The molecule has 0 saturated carbocycles. The summed E-state index contributed by atoms with van der Waals surface area (Å²) in [6.45, 7) is 3.73. The number of amides is 2. The molecule has 2 aliphatic rings. The van der Waals surface area contributed by atoms with E-state index < -0.39 is 24.0 Å². The number of likely N-dealkylation sites (tertiary alicyclic amines) is 1. The highest BCUT2D eigenvalue weighted by molar-refractivity contribution is 5.98. The Hall–Kier alpha value is -2.29. The molecule has 6 nitrogen and oxygen atoms in total. The second kappa shape index (κ2) is 7.75. The molecule has 9 heteroatoms. The molecule has 3 rings (SSSR count). The number of nitrogens with one attached hydrogen (secondary N) is 1. The molecule has 0 aliphatic carbocycles. The van der Waals surface area contributed by atoms with Crippen molar-refractivity contribution in [2.75, 3.05) is 50.0 Å². The van der Waals surface area contributed by atoms with Crippen molar-refractivity contribution in [2.24, 2.45) is 0 Å². The monoisotopic (exact) mass is 384 g/mol. The summed E-state index contributed by atoms with van der Waals surface area (Å²) in [5.41, 5.74) is 1.54. The quantitative estimate of drug-likeness (QED) is 0.865. The van der Waals surface area contributed by atoms with E-state index in [2.05, 4.69) is 22.2 Å². The van der Waals surface area contributed by atoms with Gasteiger partial charge in [0.05, 0.1) is 0 Å². The van der Waals surface area contributed by atoms with Gasteiger partial charge in [-0.15, -0.1) is 0 Å². The first-order valence-corrected chi connectivity index (χ1v) is 8.98. The van der Waals surface area contributed by atoms with Gasteiger partial charge in [-0.2, -0.15) is 13.2 Å². The van der Waals surface area contributed by atoms with E-state index in [1.165, 1.54) is 0 Å². The Kier molecular flexibility index (Phi) is 5.59. The lowest BCUT2D eigenvalue weighted by molar-refractivity contribution is -0.186. The molecule has 148 valence electrons. The van der Waals surface area contributed by atoms with Crippen molar-refractivity contribution < 1.29 is 22.8 Å².